The van der Waals surface area contributed by atoms with Crippen LogP contribution in [0.5, 0.6) is 0 Å². The number of benzene rings is 2. The minimum absolute atomic E-state index is 0.0524. The van der Waals surface area contributed by atoms with Gasteiger partial charge in [-0.25, -0.2) is 4.99 Å². The highest BCUT2D eigenvalue weighted by atomic mass is 32.2. The Hall–Kier alpha value is -3.19. The van der Waals surface area contributed by atoms with Crippen molar-refractivity contribution in [2.24, 2.45) is 4.99 Å². The molecule has 0 aliphatic carbocycles. The van der Waals surface area contributed by atoms with Gasteiger partial charge in [-0.05, 0) is 36.4 Å². The molecule has 2 amide bonds. The lowest BCUT2D eigenvalue weighted by Crippen LogP contribution is -2.12. The highest BCUT2D eigenvalue weighted by molar-refractivity contribution is 8.14. The third-order valence-corrected chi connectivity index (χ3v) is 4.70. The number of nitrogens with one attached hydrogen (secondary N) is 1. The Morgan fingerprint density at radius 2 is 1.74 bits per heavy atom. The van der Waals surface area contributed by atoms with E-state index < -0.39 is 5.91 Å². The van der Waals surface area contributed by atoms with Gasteiger partial charge in [-0.2, -0.15) is 0 Å². The van der Waals surface area contributed by atoms with Crippen molar-refractivity contribution in [3.8, 4) is 0 Å². The molecule has 0 saturated carbocycles. The number of carbonyl (C=O) groups is 3. The van der Waals surface area contributed by atoms with E-state index in [1.807, 2.05) is 6.07 Å². The number of allylic oxidation sites excluding steroid dienone is 1. The maximum absolute atomic E-state index is 12.3. The third-order valence-electron chi connectivity index (χ3n) is 3.73. The molecular formula is C20H16N2O4S. The fourth-order valence-electron chi connectivity index (χ4n) is 2.39. The number of carbonyl (C=O) groups excluding carboxylic acids is 3. The molecule has 0 atom stereocenters. The molecule has 0 aromatic heterocycles. The third kappa shape index (κ3) is 5.15. The molecule has 0 unspecified atom stereocenters. The summed E-state index contributed by atoms with van der Waals surface area (Å²) in [6.07, 6.45) is 1.22. The van der Waals surface area contributed by atoms with E-state index in [4.69, 9.17) is 0 Å². The van der Waals surface area contributed by atoms with E-state index in [9.17, 15) is 19.5 Å². The molecule has 0 fully saturated rings. The number of aliphatic hydroxyl groups excluding tert-OH is 1. The van der Waals surface area contributed by atoms with Gasteiger partial charge in [0.25, 0.3) is 11.8 Å². The van der Waals surface area contributed by atoms with Gasteiger partial charge in [0, 0.05) is 22.9 Å². The minimum Gasteiger partial charge on any atom is -0.512 e. The van der Waals surface area contributed by atoms with Crippen molar-refractivity contribution in [2.75, 3.05) is 11.1 Å². The second kappa shape index (κ2) is 8.46. The summed E-state index contributed by atoms with van der Waals surface area (Å²) in [5.74, 6) is -0.825. The average molecular weight is 380 g/mol. The van der Waals surface area contributed by atoms with Crippen LogP contribution in [0.2, 0.25) is 0 Å². The van der Waals surface area contributed by atoms with Crippen molar-refractivity contribution in [2.45, 2.75) is 6.42 Å². The molecule has 0 bridgehead atoms. The van der Waals surface area contributed by atoms with Gasteiger partial charge >= 0.3 is 0 Å². The summed E-state index contributed by atoms with van der Waals surface area (Å²) in [6, 6.07) is 15.4. The number of amides is 2. The van der Waals surface area contributed by atoms with Crippen LogP contribution in [0.15, 0.2) is 71.4 Å². The fourth-order valence-corrected chi connectivity index (χ4v) is 3.26. The lowest BCUT2D eigenvalue weighted by Gasteiger charge is -2.09. The zero-order chi connectivity index (χ0) is 19.2. The summed E-state index contributed by atoms with van der Waals surface area (Å²) in [6.45, 7) is 0. The van der Waals surface area contributed by atoms with Gasteiger partial charge in [0.2, 0.25) is 0 Å². The van der Waals surface area contributed by atoms with Crippen molar-refractivity contribution >= 4 is 40.1 Å². The largest absolute Gasteiger partial charge is 0.512 e. The van der Waals surface area contributed by atoms with Gasteiger partial charge in [0.05, 0.1) is 17.2 Å². The highest BCUT2D eigenvalue weighted by Crippen LogP contribution is 2.19. The first-order chi connectivity index (χ1) is 13.0. The number of nitrogens with zero attached hydrogens (tertiary/aromatic N) is 1. The van der Waals surface area contributed by atoms with Crippen LogP contribution in [0.3, 0.4) is 0 Å². The summed E-state index contributed by atoms with van der Waals surface area (Å²) in [5, 5.41) is 12.6. The second-order valence-corrected chi connectivity index (χ2v) is 6.81. The molecular weight excluding hydrogens is 364 g/mol. The zero-order valence-corrected chi connectivity index (χ0v) is 15.0. The smallest absolute Gasteiger partial charge is 0.273 e. The molecule has 1 aliphatic rings. The fraction of sp³-hybridized carbons (Fsp3) is 0.100. The molecule has 7 heteroatoms. The lowest BCUT2D eigenvalue weighted by atomic mass is 10.1. The number of aliphatic imine (C=N–C) groups is 1. The molecule has 2 aromatic rings. The Morgan fingerprint density at radius 3 is 2.41 bits per heavy atom. The predicted octanol–water partition coefficient (Wildman–Crippen LogP) is 3.63. The molecule has 6 nitrogen and oxygen atoms in total. The Labute approximate surface area is 160 Å². The van der Waals surface area contributed by atoms with E-state index in [0.29, 0.717) is 21.9 Å². The van der Waals surface area contributed by atoms with Gasteiger partial charge in [-0.3, -0.25) is 14.4 Å². The first-order valence-electron chi connectivity index (χ1n) is 8.15. The van der Waals surface area contributed by atoms with Crippen molar-refractivity contribution < 1.29 is 19.5 Å². The van der Waals surface area contributed by atoms with Gasteiger partial charge in [-0.15, -0.1) is 11.8 Å². The van der Waals surface area contributed by atoms with E-state index in [-0.39, 0.29) is 29.6 Å². The quantitative estimate of drug-likeness (QED) is 0.773. The number of anilines is 1. The van der Waals surface area contributed by atoms with E-state index in [2.05, 4.69) is 10.3 Å². The van der Waals surface area contributed by atoms with Gasteiger partial charge in [0.15, 0.2) is 5.78 Å². The number of ketones is 1. The molecule has 1 heterocycles. The van der Waals surface area contributed by atoms with Crippen LogP contribution in [0.4, 0.5) is 5.69 Å². The van der Waals surface area contributed by atoms with Crippen molar-refractivity contribution in [3.63, 3.8) is 0 Å². The Morgan fingerprint density at radius 1 is 1.04 bits per heavy atom. The molecule has 2 N–H and O–H groups in total. The topological polar surface area (TPSA) is 95.8 Å². The summed E-state index contributed by atoms with van der Waals surface area (Å²) in [5.41, 5.74) is 1.63. The maximum atomic E-state index is 12.3. The van der Waals surface area contributed by atoms with Crippen LogP contribution in [0, 0.1) is 0 Å². The van der Waals surface area contributed by atoms with Crippen LogP contribution in [-0.4, -0.2) is 33.5 Å². The maximum Gasteiger partial charge on any atom is 0.273 e. The van der Waals surface area contributed by atoms with Crippen LogP contribution in [0.1, 0.15) is 27.1 Å². The van der Waals surface area contributed by atoms with Crippen LogP contribution in [0.25, 0.3) is 0 Å². The molecule has 0 radical (unpaired) electrons. The summed E-state index contributed by atoms with van der Waals surface area (Å²) in [4.78, 5) is 39.4. The SMILES string of the molecule is O=C1C=C(O)CC(SCC(=O)c2ccc(NC(=O)c3ccccc3)cc2)=N1. The molecule has 2 aromatic carbocycles. The first-order valence-corrected chi connectivity index (χ1v) is 9.13. The molecule has 0 saturated heterocycles. The number of rotatable bonds is 5. The zero-order valence-electron chi connectivity index (χ0n) is 14.2. The first kappa shape index (κ1) is 18.6. The van der Waals surface area contributed by atoms with E-state index in [1.165, 1.54) is 0 Å². The van der Waals surface area contributed by atoms with Crippen molar-refractivity contribution in [1.29, 1.82) is 0 Å². The number of thioether (sulfide) groups is 1. The normalized spacial score (nSPS) is 13.6. The van der Waals surface area contributed by atoms with Crippen LogP contribution in [-0.2, 0) is 4.79 Å². The number of aliphatic hydroxyl groups is 1. The monoisotopic (exact) mass is 380 g/mol. The predicted molar refractivity (Wildman–Crippen MR) is 105 cm³/mol. The lowest BCUT2D eigenvalue weighted by molar-refractivity contribution is -0.113. The van der Waals surface area contributed by atoms with Gasteiger partial charge < -0.3 is 10.4 Å². The Kier molecular flexibility index (Phi) is 5.83. The van der Waals surface area contributed by atoms with Crippen molar-refractivity contribution in [1.82, 2.24) is 0 Å². The van der Waals surface area contributed by atoms with Crippen LogP contribution < -0.4 is 5.32 Å². The average Bonchev–Trinajstić information content (AvgIpc) is 2.66. The number of dihydropyridines is 1. The minimum atomic E-state index is -0.521. The Bertz CT molecular complexity index is 934. The number of hydrogen-bond donors (Lipinski definition) is 2. The van der Waals surface area contributed by atoms with Gasteiger partial charge in [-0.1, -0.05) is 18.2 Å². The Balaban J connectivity index is 1.56. The number of Topliss-reactive ketones (excluding diaryl/α,β-unsaturated/α-hetero) is 1. The standard InChI is InChI=1S/C20H16N2O4S/c23-16-10-18(25)22-19(11-16)27-12-17(24)13-6-8-15(9-7-13)21-20(26)14-4-2-1-3-5-14/h1-10,23H,11-12H2,(H,21,26). The van der Waals surface area contributed by atoms with E-state index in [0.717, 1.165) is 17.8 Å². The van der Waals surface area contributed by atoms with Crippen molar-refractivity contribution in [3.05, 3.63) is 77.6 Å². The second-order valence-electron chi connectivity index (χ2n) is 5.77. The summed E-state index contributed by atoms with van der Waals surface area (Å²) >= 11 is 1.13. The van der Waals surface area contributed by atoms with Crippen LogP contribution >= 0.6 is 11.8 Å². The number of hydrogen-bond acceptors (Lipinski definition) is 5. The van der Waals surface area contributed by atoms with E-state index >= 15 is 0 Å². The summed E-state index contributed by atoms with van der Waals surface area (Å²) < 4.78 is 0. The van der Waals surface area contributed by atoms with Gasteiger partial charge in [0.1, 0.15) is 5.76 Å². The molecule has 0 spiro atoms. The highest BCUT2D eigenvalue weighted by Gasteiger charge is 2.15. The molecule has 1 aliphatic heterocycles. The summed E-state index contributed by atoms with van der Waals surface area (Å²) in [7, 11) is 0. The van der Waals surface area contributed by atoms with E-state index in [1.54, 1.807) is 48.5 Å². The molecule has 136 valence electrons. The molecule has 3 rings (SSSR count). The molecule has 27 heavy (non-hydrogen) atoms.